The van der Waals surface area contributed by atoms with Crippen molar-refractivity contribution in [3.8, 4) is 0 Å². The zero-order valence-electron chi connectivity index (χ0n) is 16.2. The van der Waals surface area contributed by atoms with E-state index in [1.165, 1.54) is 4.31 Å². The van der Waals surface area contributed by atoms with Crippen LogP contribution >= 0.6 is 0 Å². The Labute approximate surface area is 170 Å². The van der Waals surface area contributed by atoms with Gasteiger partial charge in [0.05, 0.1) is 16.9 Å². The Morgan fingerprint density at radius 1 is 1.14 bits per heavy atom. The SMILES string of the molecule is C[C@H](NC(=O)[C@@H]1CCCN(S(=O)(=O)c2ccccc2)C1)c1cc2ccccc2o1. The van der Waals surface area contributed by atoms with Crippen molar-refractivity contribution in [3.05, 3.63) is 66.4 Å². The molecule has 1 amide bonds. The molecule has 4 rings (SSSR count). The Morgan fingerprint density at radius 3 is 2.62 bits per heavy atom. The summed E-state index contributed by atoms with van der Waals surface area (Å²) in [4.78, 5) is 13.1. The van der Waals surface area contributed by atoms with Crippen LogP contribution in [0.25, 0.3) is 11.0 Å². The highest BCUT2D eigenvalue weighted by Gasteiger charge is 2.33. The van der Waals surface area contributed by atoms with E-state index in [0.717, 1.165) is 11.0 Å². The Balaban J connectivity index is 1.44. The van der Waals surface area contributed by atoms with Crippen LogP contribution < -0.4 is 5.32 Å². The normalized spacial score (nSPS) is 19.1. The molecule has 0 radical (unpaired) electrons. The van der Waals surface area contributed by atoms with Crippen molar-refractivity contribution in [3.63, 3.8) is 0 Å². The van der Waals surface area contributed by atoms with E-state index in [-0.39, 0.29) is 29.3 Å². The van der Waals surface area contributed by atoms with E-state index in [4.69, 9.17) is 4.42 Å². The van der Waals surface area contributed by atoms with Gasteiger partial charge in [-0.05, 0) is 44.0 Å². The molecule has 29 heavy (non-hydrogen) atoms. The first-order valence-electron chi connectivity index (χ1n) is 9.79. The topological polar surface area (TPSA) is 79.6 Å². The molecule has 2 aromatic carbocycles. The standard InChI is InChI=1S/C22H24N2O4S/c1-16(21-14-17-8-5-6-12-20(17)28-21)23-22(25)18-9-7-13-24(15-18)29(26,27)19-10-3-2-4-11-19/h2-6,8,10-12,14,16,18H,7,9,13,15H2,1H3,(H,23,25)/t16-,18+/m0/s1. The van der Waals surface area contributed by atoms with Crippen molar-refractivity contribution in [1.82, 2.24) is 9.62 Å². The molecule has 7 heteroatoms. The molecule has 0 bridgehead atoms. The number of sulfonamides is 1. The van der Waals surface area contributed by atoms with Crippen LogP contribution in [0.4, 0.5) is 0 Å². The number of nitrogens with zero attached hydrogens (tertiary/aromatic N) is 1. The number of carbonyl (C=O) groups is 1. The molecule has 0 spiro atoms. The third-order valence-corrected chi connectivity index (χ3v) is 7.25. The van der Waals surface area contributed by atoms with Crippen LogP contribution in [0.5, 0.6) is 0 Å². The molecular formula is C22H24N2O4S. The van der Waals surface area contributed by atoms with Crippen LogP contribution in [-0.4, -0.2) is 31.7 Å². The first kappa shape index (κ1) is 19.7. The molecule has 3 aromatic rings. The highest BCUT2D eigenvalue weighted by Crippen LogP contribution is 2.26. The van der Waals surface area contributed by atoms with E-state index in [1.807, 2.05) is 37.3 Å². The maximum atomic E-state index is 12.9. The molecule has 1 aliphatic rings. The fourth-order valence-electron chi connectivity index (χ4n) is 3.73. The van der Waals surface area contributed by atoms with Gasteiger partial charge in [-0.25, -0.2) is 8.42 Å². The summed E-state index contributed by atoms with van der Waals surface area (Å²) in [6.45, 7) is 2.49. The predicted octanol–water partition coefficient (Wildman–Crippen LogP) is 3.71. The number of furan rings is 1. The van der Waals surface area contributed by atoms with Crippen LogP contribution in [0.3, 0.4) is 0 Å². The molecule has 152 valence electrons. The Morgan fingerprint density at radius 2 is 1.86 bits per heavy atom. The molecule has 0 unspecified atom stereocenters. The summed E-state index contributed by atoms with van der Waals surface area (Å²) in [7, 11) is -3.59. The number of para-hydroxylation sites is 1. The molecule has 2 heterocycles. The number of benzene rings is 2. The number of carbonyl (C=O) groups excluding carboxylic acids is 1. The first-order chi connectivity index (χ1) is 13.9. The van der Waals surface area contributed by atoms with Gasteiger partial charge >= 0.3 is 0 Å². The molecule has 1 aliphatic heterocycles. The second-order valence-electron chi connectivity index (χ2n) is 7.43. The van der Waals surface area contributed by atoms with E-state index in [1.54, 1.807) is 30.3 Å². The summed E-state index contributed by atoms with van der Waals surface area (Å²) >= 11 is 0. The molecule has 6 nitrogen and oxygen atoms in total. The van der Waals surface area contributed by atoms with Gasteiger partial charge in [-0.3, -0.25) is 4.79 Å². The summed E-state index contributed by atoms with van der Waals surface area (Å²) in [5.74, 6) is 0.157. The summed E-state index contributed by atoms with van der Waals surface area (Å²) in [5.41, 5.74) is 0.779. The van der Waals surface area contributed by atoms with Crippen LogP contribution in [0, 0.1) is 5.92 Å². The maximum Gasteiger partial charge on any atom is 0.243 e. The van der Waals surface area contributed by atoms with Gasteiger partial charge in [0.1, 0.15) is 11.3 Å². The number of nitrogens with one attached hydrogen (secondary N) is 1. The summed E-state index contributed by atoms with van der Waals surface area (Å²) in [6, 6.07) is 17.7. The third-order valence-electron chi connectivity index (χ3n) is 5.37. The average molecular weight is 413 g/mol. The second kappa shape index (κ2) is 8.00. The lowest BCUT2D eigenvalue weighted by molar-refractivity contribution is -0.126. The molecule has 2 atom stereocenters. The van der Waals surface area contributed by atoms with Crippen LogP contribution in [0.1, 0.15) is 31.6 Å². The van der Waals surface area contributed by atoms with Gasteiger partial charge < -0.3 is 9.73 Å². The van der Waals surface area contributed by atoms with E-state index >= 15 is 0 Å². The second-order valence-corrected chi connectivity index (χ2v) is 9.37. The fourth-order valence-corrected chi connectivity index (χ4v) is 5.28. The fraction of sp³-hybridized carbons (Fsp3) is 0.318. The van der Waals surface area contributed by atoms with Crippen molar-refractivity contribution in [1.29, 1.82) is 0 Å². The molecule has 1 aromatic heterocycles. The van der Waals surface area contributed by atoms with Crippen molar-refractivity contribution >= 4 is 26.9 Å². The van der Waals surface area contributed by atoms with Gasteiger partial charge in [0.2, 0.25) is 15.9 Å². The summed E-state index contributed by atoms with van der Waals surface area (Å²) < 4.78 is 33.0. The Bertz CT molecular complexity index is 1080. The van der Waals surface area contributed by atoms with Gasteiger partial charge in [-0.2, -0.15) is 4.31 Å². The van der Waals surface area contributed by atoms with E-state index in [0.29, 0.717) is 25.1 Å². The molecule has 1 N–H and O–H groups in total. The van der Waals surface area contributed by atoms with Gasteiger partial charge in [0.25, 0.3) is 0 Å². The zero-order chi connectivity index (χ0) is 20.4. The smallest absolute Gasteiger partial charge is 0.243 e. The number of rotatable bonds is 5. The van der Waals surface area contributed by atoms with Crippen molar-refractivity contribution in [2.24, 2.45) is 5.92 Å². The predicted molar refractivity (Wildman–Crippen MR) is 111 cm³/mol. The van der Waals surface area contributed by atoms with Crippen LogP contribution in [-0.2, 0) is 14.8 Å². The van der Waals surface area contributed by atoms with Crippen molar-refractivity contribution in [2.45, 2.75) is 30.7 Å². The van der Waals surface area contributed by atoms with E-state index < -0.39 is 10.0 Å². The largest absolute Gasteiger partial charge is 0.459 e. The van der Waals surface area contributed by atoms with Crippen LogP contribution in [0.15, 0.2) is 70.0 Å². The lowest BCUT2D eigenvalue weighted by Gasteiger charge is -2.31. The minimum atomic E-state index is -3.59. The minimum Gasteiger partial charge on any atom is -0.459 e. The average Bonchev–Trinajstić information content (AvgIpc) is 3.19. The van der Waals surface area contributed by atoms with Gasteiger partial charge in [-0.1, -0.05) is 36.4 Å². The number of piperidine rings is 1. The van der Waals surface area contributed by atoms with Gasteiger partial charge in [-0.15, -0.1) is 0 Å². The summed E-state index contributed by atoms with van der Waals surface area (Å²) in [6.07, 6.45) is 1.32. The van der Waals surface area contributed by atoms with Gasteiger partial charge in [0.15, 0.2) is 0 Å². The Kier molecular flexibility index (Phi) is 5.43. The molecule has 1 fully saturated rings. The monoisotopic (exact) mass is 412 g/mol. The lowest BCUT2D eigenvalue weighted by atomic mass is 9.98. The maximum absolute atomic E-state index is 12.9. The lowest BCUT2D eigenvalue weighted by Crippen LogP contribution is -2.45. The van der Waals surface area contributed by atoms with Gasteiger partial charge in [0, 0.05) is 18.5 Å². The number of fused-ring (bicyclic) bond motifs is 1. The number of amides is 1. The molecule has 1 saturated heterocycles. The zero-order valence-corrected chi connectivity index (χ0v) is 17.1. The molecule has 0 saturated carbocycles. The van der Waals surface area contributed by atoms with Crippen molar-refractivity contribution < 1.29 is 17.6 Å². The molecule has 0 aliphatic carbocycles. The number of hydrogen-bond acceptors (Lipinski definition) is 4. The first-order valence-corrected chi connectivity index (χ1v) is 11.2. The van der Waals surface area contributed by atoms with E-state index in [9.17, 15) is 13.2 Å². The van der Waals surface area contributed by atoms with E-state index in [2.05, 4.69) is 5.32 Å². The van der Waals surface area contributed by atoms with Crippen molar-refractivity contribution in [2.75, 3.05) is 13.1 Å². The minimum absolute atomic E-state index is 0.147. The highest BCUT2D eigenvalue weighted by atomic mass is 32.2. The van der Waals surface area contributed by atoms with Crippen LogP contribution in [0.2, 0.25) is 0 Å². The highest BCUT2D eigenvalue weighted by molar-refractivity contribution is 7.89. The third kappa shape index (κ3) is 4.06. The Hall–Kier alpha value is -2.64. The summed E-state index contributed by atoms with van der Waals surface area (Å²) in [5, 5.41) is 3.97. The quantitative estimate of drug-likeness (QED) is 0.693. The molecular weight excluding hydrogens is 388 g/mol. The number of hydrogen-bond donors (Lipinski definition) is 1.